The predicted octanol–water partition coefficient (Wildman–Crippen LogP) is 2.58. The van der Waals surface area contributed by atoms with Crippen molar-refractivity contribution in [2.75, 3.05) is 12.4 Å². The standard InChI is InChI=1S/C15H16N2O2/c1-11-3-6-13(10-16-11)17-15(18)9-12-4-7-14(19-2)8-5-12/h3-8,10H,9H2,1-2H3,(H,17,18). The molecule has 1 N–H and O–H groups in total. The van der Waals surface area contributed by atoms with Gasteiger partial charge in [0.05, 0.1) is 25.4 Å². The zero-order valence-corrected chi connectivity index (χ0v) is 11.0. The van der Waals surface area contributed by atoms with E-state index in [-0.39, 0.29) is 5.91 Å². The number of carbonyl (C=O) groups is 1. The fourth-order valence-corrected chi connectivity index (χ4v) is 1.68. The number of benzene rings is 1. The summed E-state index contributed by atoms with van der Waals surface area (Å²) in [5.74, 6) is 0.725. The van der Waals surface area contributed by atoms with Gasteiger partial charge < -0.3 is 10.1 Å². The number of nitrogens with one attached hydrogen (secondary N) is 1. The van der Waals surface area contributed by atoms with Crippen molar-refractivity contribution in [3.8, 4) is 5.75 Å². The van der Waals surface area contributed by atoms with Crippen LogP contribution in [0.5, 0.6) is 5.75 Å². The van der Waals surface area contributed by atoms with E-state index < -0.39 is 0 Å². The summed E-state index contributed by atoms with van der Waals surface area (Å²) in [7, 11) is 1.62. The number of methoxy groups -OCH3 is 1. The molecule has 2 rings (SSSR count). The van der Waals surface area contributed by atoms with Gasteiger partial charge in [0, 0.05) is 5.69 Å². The van der Waals surface area contributed by atoms with Crippen LogP contribution in [0.2, 0.25) is 0 Å². The molecule has 0 unspecified atom stereocenters. The van der Waals surface area contributed by atoms with E-state index in [1.807, 2.05) is 43.3 Å². The summed E-state index contributed by atoms with van der Waals surface area (Å²) in [4.78, 5) is 16.0. The summed E-state index contributed by atoms with van der Waals surface area (Å²) < 4.78 is 5.07. The first-order valence-corrected chi connectivity index (χ1v) is 6.03. The predicted molar refractivity (Wildman–Crippen MR) is 74.3 cm³/mol. The van der Waals surface area contributed by atoms with E-state index in [9.17, 15) is 4.79 Å². The van der Waals surface area contributed by atoms with Gasteiger partial charge in [-0.25, -0.2) is 0 Å². The van der Waals surface area contributed by atoms with Crippen molar-refractivity contribution in [1.82, 2.24) is 4.98 Å². The molecule has 98 valence electrons. The van der Waals surface area contributed by atoms with Gasteiger partial charge in [-0.2, -0.15) is 0 Å². The number of hydrogen-bond acceptors (Lipinski definition) is 3. The largest absolute Gasteiger partial charge is 0.497 e. The maximum Gasteiger partial charge on any atom is 0.228 e. The molecule has 0 bridgehead atoms. The molecule has 1 heterocycles. The van der Waals surface area contributed by atoms with Crippen molar-refractivity contribution in [3.05, 3.63) is 53.9 Å². The molecule has 1 amide bonds. The Morgan fingerprint density at radius 2 is 1.95 bits per heavy atom. The van der Waals surface area contributed by atoms with Gasteiger partial charge in [0.15, 0.2) is 0 Å². The Bertz CT molecular complexity index is 547. The third kappa shape index (κ3) is 3.81. The molecule has 0 atom stereocenters. The number of carbonyl (C=O) groups excluding carboxylic acids is 1. The number of hydrogen-bond donors (Lipinski definition) is 1. The lowest BCUT2D eigenvalue weighted by Gasteiger charge is -2.06. The van der Waals surface area contributed by atoms with Gasteiger partial charge in [-0.3, -0.25) is 9.78 Å². The van der Waals surface area contributed by atoms with E-state index in [4.69, 9.17) is 4.74 Å². The highest BCUT2D eigenvalue weighted by molar-refractivity contribution is 5.92. The van der Waals surface area contributed by atoms with Gasteiger partial charge in [-0.05, 0) is 36.8 Å². The number of nitrogens with zero attached hydrogens (tertiary/aromatic N) is 1. The molecule has 0 fully saturated rings. The molecule has 1 aromatic carbocycles. The first-order chi connectivity index (χ1) is 9.17. The molecule has 4 heteroatoms. The molecule has 0 aliphatic carbocycles. The third-order valence-electron chi connectivity index (χ3n) is 2.72. The number of aromatic nitrogens is 1. The minimum absolute atomic E-state index is 0.0594. The highest BCUT2D eigenvalue weighted by Gasteiger charge is 2.04. The van der Waals surface area contributed by atoms with Crippen molar-refractivity contribution in [3.63, 3.8) is 0 Å². The van der Waals surface area contributed by atoms with E-state index in [0.29, 0.717) is 12.1 Å². The lowest BCUT2D eigenvalue weighted by Crippen LogP contribution is -2.14. The topological polar surface area (TPSA) is 51.2 Å². The molecule has 0 radical (unpaired) electrons. The quantitative estimate of drug-likeness (QED) is 0.914. The molecule has 19 heavy (non-hydrogen) atoms. The lowest BCUT2D eigenvalue weighted by molar-refractivity contribution is -0.115. The highest BCUT2D eigenvalue weighted by Crippen LogP contribution is 2.12. The second-order valence-corrected chi connectivity index (χ2v) is 4.26. The van der Waals surface area contributed by atoms with Crippen LogP contribution in [0.1, 0.15) is 11.3 Å². The summed E-state index contributed by atoms with van der Waals surface area (Å²) in [6, 6.07) is 11.2. The van der Waals surface area contributed by atoms with Gasteiger partial charge in [-0.1, -0.05) is 12.1 Å². The molecule has 0 saturated heterocycles. The Morgan fingerprint density at radius 3 is 2.53 bits per heavy atom. The second-order valence-electron chi connectivity index (χ2n) is 4.26. The SMILES string of the molecule is COc1ccc(CC(=O)Nc2ccc(C)nc2)cc1. The molecule has 0 saturated carbocycles. The zero-order valence-electron chi connectivity index (χ0n) is 11.0. The monoisotopic (exact) mass is 256 g/mol. The van der Waals surface area contributed by atoms with E-state index in [1.165, 1.54) is 0 Å². The van der Waals surface area contributed by atoms with Crippen LogP contribution in [0.4, 0.5) is 5.69 Å². The van der Waals surface area contributed by atoms with E-state index >= 15 is 0 Å². The number of amides is 1. The first-order valence-electron chi connectivity index (χ1n) is 6.03. The maximum absolute atomic E-state index is 11.9. The molecule has 0 aliphatic rings. The molecular formula is C15H16N2O2. The molecular weight excluding hydrogens is 240 g/mol. The molecule has 2 aromatic rings. The van der Waals surface area contributed by atoms with Gasteiger partial charge >= 0.3 is 0 Å². The number of anilines is 1. The zero-order chi connectivity index (χ0) is 13.7. The Balaban J connectivity index is 1.95. The van der Waals surface area contributed by atoms with Crippen LogP contribution in [-0.4, -0.2) is 18.0 Å². The number of pyridine rings is 1. The normalized spacial score (nSPS) is 10.0. The Hall–Kier alpha value is -2.36. The highest BCUT2D eigenvalue weighted by atomic mass is 16.5. The van der Waals surface area contributed by atoms with E-state index in [2.05, 4.69) is 10.3 Å². The number of aryl methyl sites for hydroxylation is 1. The Morgan fingerprint density at radius 1 is 1.21 bits per heavy atom. The van der Waals surface area contributed by atoms with Crippen LogP contribution >= 0.6 is 0 Å². The van der Waals surface area contributed by atoms with Crippen LogP contribution in [0.25, 0.3) is 0 Å². The smallest absolute Gasteiger partial charge is 0.228 e. The summed E-state index contributed by atoms with van der Waals surface area (Å²) in [6.45, 7) is 1.91. The van der Waals surface area contributed by atoms with Gasteiger partial charge in [-0.15, -0.1) is 0 Å². The van der Waals surface area contributed by atoms with Crippen LogP contribution in [0, 0.1) is 6.92 Å². The van der Waals surface area contributed by atoms with Crippen molar-refractivity contribution >= 4 is 11.6 Å². The van der Waals surface area contributed by atoms with E-state index in [1.54, 1.807) is 13.3 Å². The fraction of sp³-hybridized carbons (Fsp3) is 0.200. The molecule has 0 spiro atoms. The second kappa shape index (κ2) is 6.00. The van der Waals surface area contributed by atoms with Gasteiger partial charge in [0.25, 0.3) is 0 Å². The summed E-state index contributed by atoms with van der Waals surface area (Å²) in [6.07, 6.45) is 1.99. The average Bonchev–Trinajstić information content (AvgIpc) is 2.42. The number of rotatable bonds is 4. The van der Waals surface area contributed by atoms with Crippen LogP contribution in [0.3, 0.4) is 0 Å². The number of ether oxygens (including phenoxy) is 1. The molecule has 1 aromatic heterocycles. The Labute approximate surface area is 112 Å². The molecule has 4 nitrogen and oxygen atoms in total. The third-order valence-corrected chi connectivity index (χ3v) is 2.72. The summed E-state index contributed by atoms with van der Waals surface area (Å²) >= 11 is 0. The lowest BCUT2D eigenvalue weighted by atomic mass is 10.1. The van der Waals surface area contributed by atoms with Crippen LogP contribution in [-0.2, 0) is 11.2 Å². The van der Waals surface area contributed by atoms with Crippen LogP contribution < -0.4 is 10.1 Å². The Kier molecular flexibility index (Phi) is 4.13. The van der Waals surface area contributed by atoms with Gasteiger partial charge in [0.2, 0.25) is 5.91 Å². The maximum atomic E-state index is 11.9. The summed E-state index contributed by atoms with van der Waals surface area (Å²) in [5, 5.41) is 2.81. The molecule has 0 aliphatic heterocycles. The average molecular weight is 256 g/mol. The van der Waals surface area contributed by atoms with Crippen molar-refractivity contribution < 1.29 is 9.53 Å². The van der Waals surface area contributed by atoms with Crippen LogP contribution in [0.15, 0.2) is 42.6 Å². The van der Waals surface area contributed by atoms with Crippen molar-refractivity contribution in [2.45, 2.75) is 13.3 Å². The van der Waals surface area contributed by atoms with Crippen molar-refractivity contribution in [2.24, 2.45) is 0 Å². The first kappa shape index (κ1) is 13.1. The minimum atomic E-state index is -0.0594. The van der Waals surface area contributed by atoms with Crippen molar-refractivity contribution in [1.29, 1.82) is 0 Å². The van der Waals surface area contributed by atoms with Gasteiger partial charge in [0.1, 0.15) is 5.75 Å². The summed E-state index contributed by atoms with van der Waals surface area (Å²) in [5.41, 5.74) is 2.58. The van der Waals surface area contributed by atoms with E-state index in [0.717, 1.165) is 17.0 Å². The minimum Gasteiger partial charge on any atom is -0.497 e. The fourth-order valence-electron chi connectivity index (χ4n) is 1.68.